The van der Waals surface area contributed by atoms with Gasteiger partial charge in [0.2, 0.25) is 0 Å². The third kappa shape index (κ3) is 4.99. The summed E-state index contributed by atoms with van der Waals surface area (Å²) in [4.78, 5) is 41.9. The molecular formula is C27H18Cl2FN3O6S. The predicted molar refractivity (Wildman–Crippen MR) is 148 cm³/mol. The van der Waals surface area contributed by atoms with E-state index in [1.165, 1.54) is 41.0 Å². The van der Waals surface area contributed by atoms with Crippen LogP contribution in [-0.2, 0) is 9.53 Å². The Hall–Kier alpha value is -4.06. The van der Waals surface area contributed by atoms with Crippen molar-refractivity contribution in [3.63, 3.8) is 0 Å². The van der Waals surface area contributed by atoms with Crippen LogP contribution in [0.1, 0.15) is 31.2 Å². The molecule has 0 spiro atoms. The van der Waals surface area contributed by atoms with Gasteiger partial charge in [-0.25, -0.2) is 14.2 Å². The Kier molecular flexibility index (Phi) is 7.45. The molecule has 1 atom stereocenters. The van der Waals surface area contributed by atoms with Crippen molar-refractivity contribution >= 4 is 52.3 Å². The van der Waals surface area contributed by atoms with Gasteiger partial charge in [0, 0.05) is 17.7 Å². The SMILES string of the molecule is CCOC(=O)C1=C(C)N=c2sc(=Cc3ccc(-c4cc(Cl)c([N+](=O)[O-])cc4Cl)o3)c(=O)n2[C@@H]1c1ccc(F)cc1. The number of rotatable bonds is 6. The number of carbonyl (C=O) groups excluding carboxylic acids is 1. The Bertz CT molecular complexity index is 1890. The van der Waals surface area contributed by atoms with Gasteiger partial charge in [-0.05, 0) is 49.7 Å². The van der Waals surface area contributed by atoms with E-state index in [0.717, 1.165) is 17.4 Å². The van der Waals surface area contributed by atoms with Gasteiger partial charge in [0.25, 0.3) is 11.2 Å². The molecule has 2 aromatic carbocycles. The van der Waals surface area contributed by atoms with Crippen molar-refractivity contribution in [2.45, 2.75) is 19.9 Å². The van der Waals surface area contributed by atoms with Crippen LogP contribution in [0.25, 0.3) is 17.4 Å². The molecule has 13 heteroatoms. The van der Waals surface area contributed by atoms with Crippen molar-refractivity contribution in [2.75, 3.05) is 6.61 Å². The number of nitro groups is 1. The second-order valence-corrected chi connectivity index (χ2v) is 10.4. The van der Waals surface area contributed by atoms with Gasteiger partial charge in [0.1, 0.15) is 22.4 Å². The van der Waals surface area contributed by atoms with E-state index in [2.05, 4.69) is 4.99 Å². The zero-order valence-corrected chi connectivity index (χ0v) is 23.1. The number of carbonyl (C=O) groups is 1. The molecule has 0 aliphatic carbocycles. The summed E-state index contributed by atoms with van der Waals surface area (Å²) in [6.45, 7) is 3.45. The van der Waals surface area contributed by atoms with Gasteiger partial charge in [0.15, 0.2) is 4.80 Å². The van der Waals surface area contributed by atoms with Crippen LogP contribution < -0.4 is 14.9 Å². The summed E-state index contributed by atoms with van der Waals surface area (Å²) in [5.74, 6) is -0.504. The molecule has 3 heterocycles. The number of furan rings is 1. The number of halogens is 3. The van der Waals surface area contributed by atoms with Crippen LogP contribution in [0.2, 0.25) is 10.0 Å². The highest BCUT2D eigenvalue weighted by molar-refractivity contribution is 7.07. The third-order valence-electron chi connectivity index (χ3n) is 6.10. The summed E-state index contributed by atoms with van der Waals surface area (Å²) in [7, 11) is 0. The lowest BCUT2D eigenvalue weighted by Gasteiger charge is -2.24. The van der Waals surface area contributed by atoms with Crippen LogP contribution in [0, 0.1) is 15.9 Å². The predicted octanol–water partition coefficient (Wildman–Crippen LogP) is 5.41. The van der Waals surface area contributed by atoms with Gasteiger partial charge in [-0.15, -0.1) is 0 Å². The van der Waals surface area contributed by atoms with Crippen molar-refractivity contribution in [3.8, 4) is 11.3 Å². The van der Waals surface area contributed by atoms with E-state index in [4.69, 9.17) is 32.4 Å². The molecule has 2 aromatic heterocycles. The van der Waals surface area contributed by atoms with Crippen molar-refractivity contribution < 1.29 is 23.3 Å². The number of nitro benzene ring substituents is 1. The molecule has 0 bridgehead atoms. The van der Waals surface area contributed by atoms with Crippen LogP contribution in [0.3, 0.4) is 0 Å². The first-order chi connectivity index (χ1) is 19.1. The number of fused-ring (bicyclic) bond motifs is 1. The number of aromatic nitrogens is 1. The molecule has 1 aliphatic rings. The zero-order valence-electron chi connectivity index (χ0n) is 20.8. The summed E-state index contributed by atoms with van der Waals surface area (Å²) in [6.07, 6.45) is 1.51. The van der Waals surface area contributed by atoms with Crippen molar-refractivity contribution in [1.82, 2.24) is 4.57 Å². The van der Waals surface area contributed by atoms with E-state index in [1.807, 2.05) is 0 Å². The average molecular weight is 602 g/mol. The van der Waals surface area contributed by atoms with Crippen molar-refractivity contribution in [2.24, 2.45) is 4.99 Å². The highest BCUT2D eigenvalue weighted by atomic mass is 35.5. The number of hydrogen-bond acceptors (Lipinski definition) is 8. The average Bonchev–Trinajstić information content (AvgIpc) is 3.49. The second-order valence-electron chi connectivity index (χ2n) is 8.60. The molecule has 5 rings (SSSR count). The molecule has 40 heavy (non-hydrogen) atoms. The molecule has 0 radical (unpaired) electrons. The maximum Gasteiger partial charge on any atom is 0.338 e. The zero-order chi connectivity index (χ0) is 28.7. The maximum atomic E-state index is 13.7. The lowest BCUT2D eigenvalue weighted by molar-refractivity contribution is -0.384. The van der Waals surface area contributed by atoms with Crippen LogP contribution in [0.15, 0.2) is 74.0 Å². The third-order valence-corrected chi connectivity index (χ3v) is 7.70. The fourth-order valence-corrected chi connectivity index (χ4v) is 5.83. The smallest absolute Gasteiger partial charge is 0.338 e. The minimum atomic E-state index is -0.883. The monoisotopic (exact) mass is 601 g/mol. The molecule has 0 saturated carbocycles. The summed E-state index contributed by atoms with van der Waals surface area (Å²) < 4.78 is 26.5. The van der Waals surface area contributed by atoms with Crippen LogP contribution in [0.5, 0.6) is 0 Å². The normalized spacial score (nSPS) is 15.1. The van der Waals surface area contributed by atoms with Crippen LogP contribution >= 0.6 is 34.5 Å². The van der Waals surface area contributed by atoms with Gasteiger partial charge < -0.3 is 9.15 Å². The molecule has 0 saturated heterocycles. The largest absolute Gasteiger partial charge is 0.463 e. The summed E-state index contributed by atoms with van der Waals surface area (Å²) in [6, 6.07) is 10.3. The number of nitrogens with zero attached hydrogens (tertiary/aromatic N) is 3. The summed E-state index contributed by atoms with van der Waals surface area (Å²) in [5, 5.41) is 11.1. The molecular weight excluding hydrogens is 584 g/mol. The van der Waals surface area contributed by atoms with Gasteiger partial charge >= 0.3 is 5.97 Å². The van der Waals surface area contributed by atoms with E-state index in [-0.39, 0.29) is 38.2 Å². The number of esters is 1. The van der Waals surface area contributed by atoms with Gasteiger partial charge in [-0.3, -0.25) is 19.5 Å². The highest BCUT2D eigenvalue weighted by Gasteiger charge is 2.33. The van der Waals surface area contributed by atoms with Crippen molar-refractivity contribution in [3.05, 3.63) is 117 Å². The standard InChI is InChI=1S/C27H18Cl2FN3O6S/c1-3-38-26(35)23-13(2)31-27-32(24(23)14-4-6-15(30)7-5-14)25(34)22(40-27)10-16-8-9-21(39-16)17-11-19(29)20(33(36)37)12-18(17)28/h4-12,24H,3H2,1-2H3/t24-/m1/s1. The quantitative estimate of drug-likeness (QED) is 0.166. The highest BCUT2D eigenvalue weighted by Crippen LogP contribution is 2.37. The lowest BCUT2D eigenvalue weighted by Crippen LogP contribution is -2.39. The Morgan fingerprint density at radius 3 is 2.62 bits per heavy atom. The molecule has 1 aliphatic heterocycles. The minimum absolute atomic E-state index is 0.0673. The molecule has 0 fully saturated rings. The minimum Gasteiger partial charge on any atom is -0.463 e. The van der Waals surface area contributed by atoms with Crippen LogP contribution in [-0.4, -0.2) is 22.1 Å². The fraction of sp³-hybridized carbons (Fsp3) is 0.148. The van der Waals surface area contributed by atoms with E-state index < -0.39 is 28.3 Å². The molecule has 4 aromatic rings. The number of hydrogen-bond donors (Lipinski definition) is 0. The van der Waals surface area contributed by atoms with E-state index in [1.54, 1.807) is 26.0 Å². The Morgan fingerprint density at radius 1 is 1.23 bits per heavy atom. The van der Waals surface area contributed by atoms with Crippen LogP contribution in [0.4, 0.5) is 10.1 Å². The first-order valence-electron chi connectivity index (χ1n) is 11.8. The first-order valence-corrected chi connectivity index (χ1v) is 13.3. The fourth-order valence-electron chi connectivity index (χ4n) is 4.32. The molecule has 0 N–H and O–H groups in total. The van der Waals surface area contributed by atoms with Gasteiger partial charge in [-0.2, -0.15) is 0 Å². The molecule has 9 nitrogen and oxygen atoms in total. The van der Waals surface area contributed by atoms with Gasteiger partial charge in [0.05, 0.1) is 38.4 Å². The lowest BCUT2D eigenvalue weighted by atomic mass is 9.96. The molecule has 0 amide bonds. The van der Waals surface area contributed by atoms with Crippen molar-refractivity contribution in [1.29, 1.82) is 0 Å². The second kappa shape index (κ2) is 10.8. The maximum absolute atomic E-state index is 13.7. The Labute approximate surface area is 239 Å². The summed E-state index contributed by atoms with van der Waals surface area (Å²) >= 11 is 13.4. The molecule has 204 valence electrons. The number of ether oxygens (including phenoxy) is 1. The van der Waals surface area contributed by atoms with E-state index in [9.17, 15) is 24.1 Å². The Morgan fingerprint density at radius 2 is 1.95 bits per heavy atom. The topological polar surface area (TPSA) is 117 Å². The van der Waals surface area contributed by atoms with Gasteiger partial charge in [-0.1, -0.05) is 46.7 Å². The first kappa shape index (κ1) is 27.5. The van der Waals surface area contributed by atoms with E-state index in [0.29, 0.717) is 27.4 Å². The number of thiazole rings is 1. The molecule has 0 unspecified atom stereocenters. The van der Waals surface area contributed by atoms with E-state index >= 15 is 0 Å². The Balaban J connectivity index is 1.61. The number of benzene rings is 2. The number of allylic oxidation sites excluding steroid dienone is 1. The summed E-state index contributed by atoms with van der Waals surface area (Å²) in [5.41, 5.74) is 0.627.